The molecule has 0 aliphatic rings. The third-order valence-electron chi connectivity index (χ3n) is 4.61. The SMILES string of the molecule is CCOc1ncccc1CNC(=O)/C(C#N)=C/c1cc(C)n(C(C)COC)c1C. The van der Waals surface area contributed by atoms with Crippen LogP contribution >= 0.6 is 0 Å². The summed E-state index contributed by atoms with van der Waals surface area (Å²) in [5.41, 5.74) is 3.68. The molecule has 0 saturated carbocycles. The van der Waals surface area contributed by atoms with E-state index < -0.39 is 5.91 Å². The van der Waals surface area contributed by atoms with Crippen molar-refractivity contribution < 1.29 is 14.3 Å². The van der Waals surface area contributed by atoms with Gasteiger partial charge in [0, 0.05) is 36.8 Å². The minimum Gasteiger partial charge on any atom is -0.478 e. The summed E-state index contributed by atoms with van der Waals surface area (Å²) >= 11 is 0. The third kappa shape index (κ3) is 5.46. The maximum Gasteiger partial charge on any atom is 0.262 e. The normalized spacial score (nSPS) is 12.3. The van der Waals surface area contributed by atoms with Gasteiger partial charge in [0.15, 0.2) is 0 Å². The van der Waals surface area contributed by atoms with Gasteiger partial charge in [-0.05, 0) is 51.5 Å². The number of methoxy groups -OCH3 is 1. The third-order valence-corrected chi connectivity index (χ3v) is 4.61. The number of ether oxygens (including phenoxy) is 2. The standard InChI is InChI=1S/C22H28N4O3/c1-6-29-22-18(8-7-9-24-22)13-25-21(27)20(12-23)11-19-10-15(2)26(17(19)4)16(3)14-28-5/h7-11,16H,6,13-14H2,1-5H3,(H,25,27)/b20-11+. The molecule has 0 aromatic carbocycles. The lowest BCUT2D eigenvalue weighted by Crippen LogP contribution is -2.24. The monoisotopic (exact) mass is 396 g/mol. The van der Waals surface area contributed by atoms with Gasteiger partial charge in [0.25, 0.3) is 5.91 Å². The lowest BCUT2D eigenvalue weighted by Gasteiger charge is -2.17. The van der Waals surface area contributed by atoms with Crippen molar-refractivity contribution in [2.45, 2.75) is 40.3 Å². The van der Waals surface area contributed by atoms with Crippen LogP contribution in [0.15, 0.2) is 30.0 Å². The van der Waals surface area contributed by atoms with Crippen LogP contribution in [0.3, 0.4) is 0 Å². The number of rotatable bonds is 9. The van der Waals surface area contributed by atoms with E-state index in [1.165, 1.54) is 0 Å². The molecule has 0 fully saturated rings. The van der Waals surface area contributed by atoms with Gasteiger partial charge >= 0.3 is 0 Å². The number of nitrogens with zero attached hydrogens (tertiary/aromatic N) is 3. The Morgan fingerprint density at radius 1 is 1.45 bits per heavy atom. The number of nitrogens with one attached hydrogen (secondary N) is 1. The number of carbonyl (C=O) groups excluding carboxylic acids is 1. The van der Waals surface area contributed by atoms with Gasteiger partial charge in [-0.2, -0.15) is 5.26 Å². The molecular formula is C22H28N4O3. The maximum absolute atomic E-state index is 12.6. The Bertz CT molecular complexity index is 925. The van der Waals surface area contributed by atoms with Crippen LogP contribution in [0.2, 0.25) is 0 Å². The smallest absolute Gasteiger partial charge is 0.262 e. The van der Waals surface area contributed by atoms with Crippen LogP contribution in [0.5, 0.6) is 5.88 Å². The van der Waals surface area contributed by atoms with Gasteiger partial charge in [0.2, 0.25) is 5.88 Å². The van der Waals surface area contributed by atoms with Gasteiger partial charge in [0.1, 0.15) is 11.6 Å². The fourth-order valence-electron chi connectivity index (χ4n) is 3.34. The minimum atomic E-state index is -0.437. The fourth-order valence-corrected chi connectivity index (χ4v) is 3.34. The molecule has 0 saturated heterocycles. The molecule has 0 spiro atoms. The summed E-state index contributed by atoms with van der Waals surface area (Å²) in [6.07, 6.45) is 3.26. The Labute approximate surface area is 172 Å². The number of nitriles is 1. The van der Waals surface area contributed by atoms with Crippen molar-refractivity contribution >= 4 is 12.0 Å². The lowest BCUT2D eigenvalue weighted by atomic mass is 10.1. The zero-order chi connectivity index (χ0) is 21.4. The van der Waals surface area contributed by atoms with E-state index in [2.05, 4.69) is 21.8 Å². The van der Waals surface area contributed by atoms with E-state index in [0.717, 1.165) is 22.5 Å². The first kappa shape index (κ1) is 22.2. The van der Waals surface area contributed by atoms with E-state index in [9.17, 15) is 10.1 Å². The van der Waals surface area contributed by atoms with E-state index in [4.69, 9.17) is 9.47 Å². The van der Waals surface area contributed by atoms with Crippen molar-refractivity contribution in [3.05, 3.63) is 52.5 Å². The Morgan fingerprint density at radius 2 is 2.21 bits per heavy atom. The summed E-state index contributed by atoms with van der Waals surface area (Å²) in [7, 11) is 1.67. The van der Waals surface area contributed by atoms with Crippen LogP contribution < -0.4 is 10.1 Å². The summed E-state index contributed by atoms with van der Waals surface area (Å²) in [4.78, 5) is 16.7. The van der Waals surface area contributed by atoms with Crippen molar-refractivity contribution in [3.8, 4) is 11.9 Å². The molecule has 154 valence electrons. The molecule has 29 heavy (non-hydrogen) atoms. The molecule has 2 aromatic heterocycles. The largest absolute Gasteiger partial charge is 0.478 e. The number of hydrogen-bond donors (Lipinski definition) is 1. The van der Waals surface area contributed by atoms with Crippen molar-refractivity contribution in [1.29, 1.82) is 5.26 Å². The van der Waals surface area contributed by atoms with Gasteiger partial charge in [-0.3, -0.25) is 4.79 Å². The molecule has 1 N–H and O–H groups in total. The van der Waals surface area contributed by atoms with E-state index in [1.54, 1.807) is 25.4 Å². The highest BCUT2D eigenvalue weighted by Crippen LogP contribution is 2.23. The molecule has 0 aliphatic carbocycles. The van der Waals surface area contributed by atoms with Crippen LogP contribution in [-0.4, -0.2) is 35.8 Å². The van der Waals surface area contributed by atoms with Gasteiger partial charge in [-0.25, -0.2) is 4.98 Å². The zero-order valence-corrected chi connectivity index (χ0v) is 17.7. The predicted octanol–water partition coefficient (Wildman–Crippen LogP) is 3.33. The Morgan fingerprint density at radius 3 is 2.86 bits per heavy atom. The van der Waals surface area contributed by atoms with E-state index in [-0.39, 0.29) is 18.2 Å². The summed E-state index contributed by atoms with van der Waals surface area (Å²) in [6.45, 7) is 9.21. The van der Waals surface area contributed by atoms with Crippen LogP contribution in [0, 0.1) is 25.2 Å². The van der Waals surface area contributed by atoms with Gasteiger partial charge in [-0.1, -0.05) is 6.07 Å². The second kappa shape index (κ2) is 10.4. The molecule has 1 atom stereocenters. The van der Waals surface area contributed by atoms with Crippen molar-refractivity contribution in [1.82, 2.24) is 14.9 Å². The molecule has 1 amide bonds. The molecule has 2 heterocycles. The van der Waals surface area contributed by atoms with Gasteiger partial charge in [0.05, 0.1) is 19.3 Å². The number of carbonyl (C=O) groups is 1. The second-order valence-electron chi connectivity index (χ2n) is 6.75. The molecule has 2 aromatic rings. The Balaban J connectivity index is 2.19. The van der Waals surface area contributed by atoms with Crippen molar-refractivity contribution in [2.24, 2.45) is 0 Å². The first-order valence-electron chi connectivity index (χ1n) is 9.56. The number of aryl methyl sites for hydroxylation is 1. The first-order valence-corrected chi connectivity index (χ1v) is 9.56. The van der Waals surface area contributed by atoms with Crippen LogP contribution in [0.25, 0.3) is 6.08 Å². The van der Waals surface area contributed by atoms with Crippen LogP contribution in [0.1, 0.15) is 42.4 Å². The molecule has 0 radical (unpaired) electrons. The summed E-state index contributed by atoms with van der Waals surface area (Å²) < 4.78 is 12.9. The van der Waals surface area contributed by atoms with Crippen LogP contribution in [-0.2, 0) is 16.1 Å². The Kier molecular flexibility index (Phi) is 7.98. The Hall–Kier alpha value is -3.11. The number of amides is 1. The molecule has 2 rings (SSSR count). The summed E-state index contributed by atoms with van der Waals surface area (Å²) in [6, 6.07) is 7.75. The topological polar surface area (TPSA) is 89.2 Å². The van der Waals surface area contributed by atoms with Gasteiger partial charge < -0.3 is 19.4 Å². The second-order valence-corrected chi connectivity index (χ2v) is 6.75. The predicted molar refractivity (Wildman–Crippen MR) is 111 cm³/mol. The fraction of sp³-hybridized carbons (Fsp3) is 0.409. The molecule has 0 aliphatic heterocycles. The molecule has 7 nitrogen and oxygen atoms in total. The van der Waals surface area contributed by atoms with Crippen molar-refractivity contribution in [2.75, 3.05) is 20.3 Å². The highest BCUT2D eigenvalue weighted by molar-refractivity contribution is 6.01. The lowest BCUT2D eigenvalue weighted by molar-refractivity contribution is -0.117. The van der Waals surface area contributed by atoms with E-state index in [1.807, 2.05) is 39.0 Å². The highest BCUT2D eigenvalue weighted by atomic mass is 16.5. The average Bonchev–Trinajstić information content (AvgIpc) is 2.98. The number of pyridine rings is 1. The van der Waals surface area contributed by atoms with Crippen LogP contribution in [0.4, 0.5) is 0 Å². The highest BCUT2D eigenvalue weighted by Gasteiger charge is 2.16. The summed E-state index contributed by atoms with van der Waals surface area (Å²) in [5.74, 6) is 0.0435. The van der Waals surface area contributed by atoms with E-state index in [0.29, 0.717) is 19.1 Å². The average molecular weight is 396 g/mol. The van der Waals surface area contributed by atoms with Gasteiger partial charge in [-0.15, -0.1) is 0 Å². The molecule has 0 bridgehead atoms. The molecule has 7 heteroatoms. The number of aromatic nitrogens is 2. The number of hydrogen-bond acceptors (Lipinski definition) is 5. The minimum absolute atomic E-state index is 0.0477. The molecule has 1 unspecified atom stereocenters. The van der Waals surface area contributed by atoms with Crippen molar-refractivity contribution in [3.63, 3.8) is 0 Å². The van der Waals surface area contributed by atoms with E-state index >= 15 is 0 Å². The molecular weight excluding hydrogens is 368 g/mol. The first-order chi connectivity index (χ1) is 13.9. The zero-order valence-electron chi connectivity index (χ0n) is 17.7. The summed E-state index contributed by atoms with van der Waals surface area (Å²) in [5, 5.41) is 12.3. The quantitative estimate of drug-likeness (QED) is 0.519. The maximum atomic E-state index is 12.6.